The molecule has 7 heteroatoms. The molecule has 6 nitrogen and oxygen atoms in total. The van der Waals surface area contributed by atoms with Crippen molar-refractivity contribution < 1.29 is 18.7 Å². The molecule has 126 valence electrons. The Balaban J connectivity index is 1.55. The predicted molar refractivity (Wildman–Crippen MR) is 89.4 cm³/mol. The Hall–Kier alpha value is -3.35. The molecular weight excluding hydrogens is 325 g/mol. The van der Waals surface area contributed by atoms with Crippen molar-refractivity contribution in [1.29, 1.82) is 0 Å². The number of fused-ring (bicyclic) bond motifs is 1. The number of anilines is 1. The van der Waals surface area contributed by atoms with Crippen molar-refractivity contribution in [2.24, 2.45) is 0 Å². The fraction of sp³-hybridized carbons (Fsp3) is 0.111. The van der Waals surface area contributed by atoms with Gasteiger partial charge in [0.25, 0.3) is 5.91 Å². The second-order valence-corrected chi connectivity index (χ2v) is 5.46. The minimum Gasteiger partial charge on any atom is -0.486 e. The van der Waals surface area contributed by atoms with Crippen molar-refractivity contribution in [2.75, 3.05) is 18.5 Å². The molecule has 4 rings (SSSR count). The van der Waals surface area contributed by atoms with Crippen LogP contribution >= 0.6 is 0 Å². The molecule has 1 amide bonds. The summed E-state index contributed by atoms with van der Waals surface area (Å²) in [6, 6.07) is 12.8. The maximum atomic E-state index is 13.0. The van der Waals surface area contributed by atoms with Crippen LogP contribution in [0.5, 0.6) is 11.5 Å². The third-order valence-electron chi connectivity index (χ3n) is 3.78. The number of H-pyrrole nitrogens is 1. The summed E-state index contributed by atoms with van der Waals surface area (Å²) in [6.45, 7) is 0.907. The lowest BCUT2D eigenvalue weighted by Gasteiger charge is -2.20. The SMILES string of the molecule is O=C(Nc1cccc2c1OCCO2)c1cc(-c2ccc(F)cc2)n[nH]1. The first-order valence-electron chi connectivity index (χ1n) is 7.72. The van der Waals surface area contributed by atoms with Crippen molar-refractivity contribution in [3.63, 3.8) is 0 Å². The Morgan fingerprint density at radius 1 is 1.12 bits per heavy atom. The van der Waals surface area contributed by atoms with Crippen molar-refractivity contribution in [2.45, 2.75) is 0 Å². The molecule has 0 unspecified atom stereocenters. The molecule has 1 aliphatic rings. The number of halogens is 1. The van der Waals surface area contributed by atoms with E-state index in [1.807, 2.05) is 0 Å². The molecule has 2 N–H and O–H groups in total. The Bertz CT molecular complexity index is 922. The maximum Gasteiger partial charge on any atom is 0.273 e. The molecule has 0 aliphatic carbocycles. The van der Waals surface area contributed by atoms with Crippen molar-refractivity contribution >= 4 is 11.6 Å². The molecule has 2 aromatic carbocycles. The quantitative estimate of drug-likeness (QED) is 0.768. The fourth-order valence-electron chi connectivity index (χ4n) is 2.57. The molecular formula is C18H14FN3O3. The summed E-state index contributed by atoms with van der Waals surface area (Å²) in [5, 5.41) is 9.58. The number of aromatic nitrogens is 2. The number of rotatable bonds is 3. The number of benzene rings is 2. The lowest BCUT2D eigenvalue weighted by Crippen LogP contribution is -2.18. The number of nitrogens with zero attached hydrogens (tertiary/aromatic N) is 1. The molecule has 0 bridgehead atoms. The molecule has 1 aliphatic heterocycles. The van der Waals surface area contributed by atoms with Crippen LogP contribution in [0.2, 0.25) is 0 Å². The van der Waals surface area contributed by atoms with Crippen LogP contribution in [0.25, 0.3) is 11.3 Å². The number of carbonyl (C=O) groups is 1. The van der Waals surface area contributed by atoms with Crippen LogP contribution in [0.1, 0.15) is 10.5 Å². The van der Waals surface area contributed by atoms with Crippen LogP contribution in [0.4, 0.5) is 10.1 Å². The normalized spacial score (nSPS) is 12.7. The summed E-state index contributed by atoms with van der Waals surface area (Å²) in [5.41, 5.74) is 2.08. The molecule has 2 heterocycles. The van der Waals surface area contributed by atoms with Crippen LogP contribution < -0.4 is 14.8 Å². The molecule has 25 heavy (non-hydrogen) atoms. The molecule has 1 aromatic heterocycles. The topological polar surface area (TPSA) is 76.2 Å². The van der Waals surface area contributed by atoms with E-state index >= 15 is 0 Å². The first kappa shape index (κ1) is 15.2. The van der Waals surface area contributed by atoms with Gasteiger partial charge >= 0.3 is 0 Å². The largest absolute Gasteiger partial charge is 0.486 e. The van der Waals surface area contributed by atoms with Crippen molar-refractivity contribution in [3.8, 4) is 22.8 Å². The minimum atomic E-state index is -0.358. The molecule has 0 radical (unpaired) electrons. The second kappa shape index (κ2) is 6.27. The summed E-state index contributed by atoms with van der Waals surface area (Å²) in [4.78, 5) is 12.5. The highest BCUT2D eigenvalue weighted by molar-refractivity contribution is 6.04. The van der Waals surface area contributed by atoms with E-state index in [2.05, 4.69) is 15.5 Å². The van der Waals surface area contributed by atoms with E-state index in [-0.39, 0.29) is 17.4 Å². The zero-order chi connectivity index (χ0) is 17.2. The third kappa shape index (κ3) is 3.03. The fourth-order valence-corrected chi connectivity index (χ4v) is 2.57. The highest BCUT2D eigenvalue weighted by Gasteiger charge is 2.18. The number of carbonyl (C=O) groups excluding carboxylic acids is 1. The minimum absolute atomic E-state index is 0.286. The summed E-state index contributed by atoms with van der Waals surface area (Å²) < 4.78 is 24.1. The van der Waals surface area contributed by atoms with Gasteiger partial charge in [-0.3, -0.25) is 9.89 Å². The zero-order valence-electron chi connectivity index (χ0n) is 13.1. The number of para-hydroxylation sites is 1. The van der Waals surface area contributed by atoms with Crippen LogP contribution in [-0.2, 0) is 0 Å². The van der Waals surface area contributed by atoms with Gasteiger partial charge in [-0.2, -0.15) is 5.10 Å². The summed E-state index contributed by atoms with van der Waals surface area (Å²) in [5.74, 6) is 0.429. The van der Waals surface area contributed by atoms with Gasteiger partial charge in [0.1, 0.15) is 24.7 Å². The molecule has 0 saturated carbocycles. The van der Waals surface area contributed by atoms with Crippen LogP contribution in [0.15, 0.2) is 48.5 Å². The smallest absolute Gasteiger partial charge is 0.273 e. The van der Waals surface area contributed by atoms with Gasteiger partial charge < -0.3 is 14.8 Å². The number of amides is 1. The number of ether oxygens (including phenoxy) is 2. The second-order valence-electron chi connectivity index (χ2n) is 5.46. The Morgan fingerprint density at radius 2 is 1.92 bits per heavy atom. The standard InChI is InChI=1S/C18H14FN3O3/c19-12-6-4-11(5-7-12)14-10-15(22-21-14)18(23)20-13-2-1-3-16-17(13)25-9-8-24-16/h1-7,10H,8-9H2,(H,20,23)(H,21,22). The third-order valence-corrected chi connectivity index (χ3v) is 3.78. The first-order valence-corrected chi connectivity index (χ1v) is 7.72. The van der Waals surface area contributed by atoms with Gasteiger partial charge in [-0.05, 0) is 42.5 Å². The molecule has 0 atom stereocenters. The first-order chi connectivity index (χ1) is 12.2. The van der Waals surface area contributed by atoms with E-state index in [9.17, 15) is 9.18 Å². The predicted octanol–water partition coefficient (Wildman–Crippen LogP) is 3.24. The highest BCUT2D eigenvalue weighted by Crippen LogP contribution is 2.37. The number of nitrogens with one attached hydrogen (secondary N) is 2. The molecule has 0 spiro atoms. The Morgan fingerprint density at radius 3 is 2.76 bits per heavy atom. The van der Waals surface area contributed by atoms with Gasteiger partial charge in [-0.15, -0.1) is 0 Å². The van der Waals surface area contributed by atoms with Gasteiger partial charge in [0.2, 0.25) is 0 Å². The Labute approximate surface area is 142 Å². The van der Waals surface area contributed by atoms with Crippen LogP contribution in [-0.4, -0.2) is 29.3 Å². The van der Waals surface area contributed by atoms with Gasteiger partial charge in [0.05, 0.1) is 11.4 Å². The van der Waals surface area contributed by atoms with E-state index in [1.54, 1.807) is 36.4 Å². The summed E-state index contributed by atoms with van der Waals surface area (Å²) in [6.07, 6.45) is 0. The lowest BCUT2D eigenvalue weighted by molar-refractivity contribution is 0.102. The number of hydrogen-bond acceptors (Lipinski definition) is 4. The van der Waals surface area contributed by atoms with Gasteiger partial charge in [-0.25, -0.2) is 4.39 Å². The summed E-state index contributed by atoms with van der Waals surface area (Å²) in [7, 11) is 0. The number of hydrogen-bond donors (Lipinski definition) is 2. The average Bonchev–Trinajstić information content (AvgIpc) is 3.13. The van der Waals surface area contributed by atoms with E-state index in [0.717, 1.165) is 0 Å². The van der Waals surface area contributed by atoms with Crippen molar-refractivity contribution in [1.82, 2.24) is 10.2 Å². The zero-order valence-corrected chi connectivity index (χ0v) is 13.1. The van der Waals surface area contributed by atoms with Gasteiger partial charge in [0, 0.05) is 5.56 Å². The van der Waals surface area contributed by atoms with Gasteiger partial charge in [0.15, 0.2) is 11.5 Å². The molecule has 3 aromatic rings. The molecule has 0 fully saturated rings. The number of aromatic amines is 1. The van der Waals surface area contributed by atoms with E-state index in [1.165, 1.54) is 12.1 Å². The van der Waals surface area contributed by atoms with Crippen molar-refractivity contribution in [3.05, 3.63) is 60.0 Å². The maximum absolute atomic E-state index is 13.0. The highest BCUT2D eigenvalue weighted by atomic mass is 19.1. The average molecular weight is 339 g/mol. The van der Waals surface area contributed by atoms with E-state index < -0.39 is 0 Å². The monoisotopic (exact) mass is 339 g/mol. The van der Waals surface area contributed by atoms with E-state index in [4.69, 9.17) is 9.47 Å². The van der Waals surface area contributed by atoms with Gasteiger partial charge in [-0.1, -0.05) is 6.07 Å². The van der Waals surface area contributed by atoms with E-state index in [0.29, 0.717) is 41.7 Å². The van der Waals surface area contributed by atoms with Crippen LogP contribution in [0.3, 0.4) is 0 Å². The lowest BCUT2D eigenvalue weighted by atomic mass is 10.1. The van der Waals surface area contributed by atoms with Crippen LogP contribution in [0, 0.1) is 5.82 Å². The molecule has 0 saturated heterocycles. The summed E-state index contributed by atoms with van der Waals surface area (Å²) >= 11 is 0. The Kier molecular flexibility index (Phi) is 3.81.